The number of nitrogens with zero attached hydrogens (tertiary/aromatic N) is 2. The first-order chi connectivity index (χ1) is 7.09. The summed E-state index contributed by atoms with van der Waals surface area (Å²) < 4.78 is 1.87. The van der Waals surface area contributed by atoms with E-state index in [-0.39, 0.29) is 0 Å². The summed E-state index contributed by atoms with van der Waals surface area (Å²) in [7, 11) is 1.90. The predicted octanol–water partition coefficient (Wildman–Crippen LogP) is 2.63. The number of rotatable bonds is 1. The number of nitrogen functional groups attached to an aromatic ring is 1. The van der Waals surface area contributed by atoms with E-state index in [0.717, 1.165) is 17.1 Å². The lowest BCUT2D eigenvalue weighted by molar-refractivity contribution is 0.868. The smallest absolute Gasteiger partial charge is 0.131 e. The molecule has 3 nitrogen and oxygen atoms in total. The Hall–Kier alpha value is -1.48. The molecule has 0 aliphatic heterocycles. The maximum absolute atomic E-state index is 5.94. The van der Waals surface area contributed by atoms with Gasteiger partial charge in [0.25, 0.3) is 0 Å². The SMILES string of the molecule is Cc1nc(-c2ccc(Cl)cc2)c(N)n1C. The van der Waals surface area contributed by atoms with Crippen LogP contribution in [0.25, 0.3) is 11.3 Å². The van der Waals surface area contributed by atoms with Crippen LogP contribution < -0.4 is 5.73 Å². The first-order valence-corrected chi connectivity index (χ1v) is 5.02. The van der Waals surface area contributed by atoms with Crippen LogP contribution in [0.3, 0.4) is 0 Å². The molecule has 0 unspecified atom stereocenters. The number of anilines is 1. The number of nitrogens with two attached hydrogens (primary N) is 1. The van der Waals surface area contributed by atoms with Crippen molar-refractivity contribution < 1.29 is 0 Å². The molecule has 0 atom stereocenters. The van der Waals surface area contributed by atoms with E-state index in [1.807, 2.05) is 42.8 Å². The molecular formula is C11H12ClN3. The first kappa shape index (κ1) is 10.1. The molecule has 4 heteroatoms. The first-order valence-electron chi connectivity index (χ1n) is 4.64. The Balaban J connectivity index is 2.54. The molecule has 0 radical (unpaired) electrons. The molecule has 0 fully saturated rings. The lowest BCUT2D eigenvalue weighted by atomic mass is 10.1. The van der Waals surface area contributed by atoms with E-state index in [0.29, 0.717) is 10.8 Å². The Bertz CT molecular complexity index is 485. The van der Waals surface area contributed by atoms with Gasteiger partial charge in [-0.15, -0.1) is 0 Å². The average Bonchev–Trinajstić information content (AvgIpc) is 2.47. The fourth-order valence-electron chi connectivity index (χ4n) is 1.45. The minimum Gasteiger partial charge on any atom is -0.383 e. The molecule has 15 heavy (non-hydrogen) atoms. The zero-order valence-corrected chi connectivity index (χ0v) is 9.42. The molecule has 0 bridgehead atoms. The van der Waals surface area contributed by atoms with Crippen LogP contribution in [0.4, 0.5) is 5.82 Å². The molecule has 78 valence electrons. The van der Waals surface area contributed by atoms with E-state index in [1.54, 1.807) is 0 Å². The molecule has 1 aromatic heterocycles. The van der Waals surface area contributed by atoms with Crippen LogP contribution in [0.1, 0.15) is 5.82 Å². The van der Waals surface area contributed by atoms with Gasteiger partial charge in [0.05, 0.1) is 0 Å². The summed E-state index contributed by atoms with van der Waals surface area (Å²) in [5, 5.41) is 0.713. The summed E-state index contributed by atoms with van der Waals surface area (Å²) in [6.07, 6.45) is 0. The second kappa shape index (κ2) is 3.59. The van der Waals surface area contributed by atoms with Crippen LogP contribution in [-0.4, -0.2) is 9.55 Å². The second-order valence-corrected chi connectivity index (χ2v) is 3.90. The van der Waals surface area contributed by atoms with Gasteiger partial charge < -0.3 is 10.3 Å². The molecule has 2 aromatic rings. The standard InChI is InChI=1S/C11H12ClN3/c1-7-14-10(11(13)15(7)2)8-3-5-9(12)6-4-8/h3-6H,13H2,1-2H3. The molecule has 1 aromatic carbocycles. The fourth-order valence-corrected chi connectivity index (χ4v) is 1.57. The van der Waals surface area contributed by atoms with Crippen molar-refractivity contribution in [1.29, 1.82) is 0 Å². The van der Waals surface area contributed by atoms with E-state index in [1.165, 1.54) is 0 Å². The van der Waals surface area contributed by atoms with Gasteiger partial charge in [-0.3, -0.25) is 0 Å². The molecule has 0 aliphatic carbocycles. The van der Waals surface area contributed by atoms with Crippen molar-refractivity contribution in [2.75, 3.05) is 5.73 Å². The Morgan fingerprint density at radius 2 is 1.87 bits per heavy atom. The van der Waals surface area contributed by atoms with Gasteiger partial charge in [0, 0.05) is 17.6 Å². The highest BCUT2D eigenvalue weighted by Gasteiger charge is 2.10. The molecule has 1 heterocycles. The maximum Gasteiger partial charge on any atom is 0.131 e. The molecule has 0 saturated heterocycles. The molecule has 0 saturated carbocycles. The lowest BCUT2D eigenvalue weighted by Crippen LogP contribution is -1.98. The van der Waals surface area contributed by atoms with Crippen molar-refractivity contribution in [3.8, 4) is 11.3 Å². The minimum atomic E-state index is 0.676. The zero-order chi connectivity index (χ0) is 11.0. The van der Waals surface area contributed by atoms with Gasteiger partial charge >= 0.3 is 0 Å². The van der Waals surface area contributed by atoms with Gasteiger partial charge in [-0.25, -0.2) is 4.98 Å². The van der Waals surface area contributed by atoms with Crippen LogP contribution in [0, 0.1) is 6.92 Å². The van der Waals surface area contributed by atoms with Gasteiger partial charge in [-0.2, -0.15) is 0 Å². The predicted molar refractivity (Wildman–Crippen MR) is 62.8 cm³/mol. The number of aromatic nitrogens is 2. The number of benzene rings is 1. The summed E-state index contributed by atoms with van der Waals surface area (Å²) >= 11 is 5.82. The fraction of sp³-hybridized carbons (Fsp3) is 0.182. The topological polar surface area (TPSA) is 43.8 Å². The third-order valence-electron chi connectivity index (χ3n) is 2.48. The second-order valence-electron chi connectivity index (χ2n) is 3.46. The van der Waals surface area contributed by atoms with E-state index in [4.69, 9.17) is 17.3 Å². The quantitative estimate of drug-likeness (QED) is 0.805. The number of halogens is 1. The van der Waals surface area contributed by atoms with Crippen LogP contribution in [0.15, 0.2) is 24.3 Å². The molecule has 0 amide bonds. The van der Waals surface area contributed by atoms with Crippen molar-refractivity contribution in [3.05, 3.63) is 35.1 Å². The van der Waals surface area contributed by atoms with E-state index in [9.17, 15) is 0 Å². The van der Waals surface area contributed by atoms with Gasteiger partial charge in [-0.1, -0.05) is 23.7 Å². The van der Waals surface area contributed by atoms with Crippen LogP contribution >= 0.6 is 11.6 Å². The third-order valence-corrected chi connectivity index (χ3v) is 2.73. The van der Waals surface area contributed by atoms with Gasteiger partial charge in [-0.05, 0) is 19.1 Å². The highest BCUT2D eigenvalue weighted by Crippen LogP contribution is 2.26. The van der Waals surface area contributed by atoms with E-state index >= 15 is 0 Å². The van der Waals surface area contributed by atoms with E-state index in [2.05, 4.69) is 4.98 Å². The monoisotopic (exact) mass is 221 g/mol. The van der Waals surface area contributed by atoms with Crippen molar-refractivity contribution in [1.82, 2.24) is 9.55 Å². The van der Waals surface area contributed by atoms with Crippen LogP contribution in [0.2, 0.25) is 5.02 Å². The molecule has 0 aliphatic rings. The van der Waals surface area contributed by atoms with Crippen molar-refractivity contribution in [2.45, 2.75) is 6.92 Å². The summed E-state index contributed by atoms with van der Waals surface area (Å²) in [4.78, 5) is 4.40. The molecular weight excluding hydrogens is 210 g/mol. The van der Waals surface area contributed by atoms with E-state index < -0.39 is 0 Å². The Kier molecular flexibility index (Phi) is 2.40. The summed E-state index contributed by atoms with van der Waals surface area (Å²) in [6, 6.07) is 7.50. The van der Waals surface area contributed by atoms with Gasteiger partial charge in [0.15, 0.2) is 0 Å². The summed E-state index contributed by atoms with van der Waals surface area (Å²) in [6.45, 7) is 1.93. The Morgan fingerprint density at radius 3 is 2.33 bits per heavy atom. The highest BCUT2D eigenvalue weighted by atomic mass is 35.5. The van der Waals surface area contributed by atoms with Gasteiger partial charge in [0.2, 0.25) is 0 Å². The van der Waals surface area contributed by atoms with Crippen LogP contribution in [-0.2, 0) is 7.05 Å². The largest absolute Gasteiger partial charge is 0.383 e. The lowest BCUT2D eigenvalue weighted by Gasteiger charge is -2.00. The average molecular weight is 222 g/mol. The Labute approximate surface area is 93.5 Å². The number of hydrogen-bond acceptors (Lipinski definition) is 2. The van der Waals surface area contributed by atoms with Crippen molar-refractivity contribution in [3.63, 3.8) is 0 Å². The molecule has 2 N–H and O–H groups in total. The normalized spacial score (nSPS) is 10.6. The summed E-state index contributed by atoms with van der Waals surface area (Å²) in [5.74, 6) is 1.58. The van der Waals surface area contributed by atoms with Crippen LogP contribution in [0.5, 0.6) is 0 Å². The third kappa shape index (κ3) is 1.70. The summed E-state index contributed by atoms with van der Waals surface area (Å²) in [5.41, 5.74) is 7.74. The van der Waals surface area contributed by atoms with Gasteiger partial charge in [0.1, 0.15) is 17.3 Å². The number of aryl methyl sites for hydroxylation is 1. The minimum absolute atomic E-state index is 0.676. The van der Waals surface area contributed by atoms with Crippen molar-refractivity contribution >= 4 is 17.4 Å². The Morgan fingerprint density at radius 1 is 1.27 bits per heavy atom. The highest BCUT2D eigenvalue weighted by molar-refractivity contribution is 6.30. The molecule has 2 rings (SSSR count). The maximum atomic E-state index is 5.94. The zero-order valence-electron chi connectivity index (χ0n) is 8.66. The number of hydrogen-bond donors (Lipinski definition) is 1. The molecule has 0 spiro atoms. The number of imidazole rings is 1. The van der Waals surface area contributed by atoms with Crippen molar-refractivity contribution in [2.24, 2.45) is 7.05 Å².